The van der Waals surface area contributed by atoms with Crippen LogP contribution in [0.25, 0.3) is 10.4 Å². The second-order valence-corrected chi connectivity index (χ2v) is 1.72. The van der Waals surface area contributed by atoms with Crippen LogP contribution in [0.2, 0.25) is 0 Å². The van der Waals surface area contributed by atoms with Gasteiger partial charge in [-0.3, -0.25) is 0 Å². The molecule has 1 heterocycles. The van der Waals surface area contributed by atoms with Crippen molar-refractivity contribution < 1.29 is 4.74 Å². The van der Waals surface area contributed by atoms with Gasteiger partial charge in [0.05, 0.1) is 12.6 Å². The highest BCUT2D eigenvalue weighted by Crippen LogP contribution is 2.06. The molecule has 0 radical (unpaired) electrons. The fourth-order valence-corrected chi connectivity index (χ4v) is 0.686. The Balaban J connectivity index is 0.000000640. The van der Waals surface area contributed by atoms with Crippen LogP contribution in [-0.4, -0.2) is 19.3 Å². The van der Waals surface area contributed by atoms with Crippen molar-refractivity contribution in [2.75, 3.05) is 13.2 Å². The minimum atomic E-state index is 0. The first-order valence-electron chi connectivity index (χ1n) is 2.55. The number of nitrogens with zero attached hydrogens (tertiary/aromatic N) is 3. The van der Waals surface area contributed by atoms with E-state index in [-0.39, 0.29) is 13.5 Å². The van der Waals surface area contributed by atoms with Crippen molar-refractivity contribution in [2.45, 2.75) is 19.9 Å². The van der Waals surface area contributed by atoms with Gasteiger partial charge in [-0.25, -0.2) is 0 Å². The molecule has 0 aromatic heterocycles. The van der Waals surface area contributed by atoms with Crippen molar-refractivity contribution >= 4 is 0 Å². The van der Waals surface area contributed by atoms with Crippen molar-refractivity contribution in [3.63, 3.8) is 0 Å². The second-order valence-electron chi connectivity index (χ2n) is 1.72. The van der Waals surface area contributed by atoms with Gasteiger partial charge in [0.25, 0.3) is 0 Å². The van der Waals surface area contributed by atoms with Gasteiger partial charge in [0.1, 0.15) is 0 Å². The van der Waals surface area contributed by atoms with E-state index in [0.29, 0.717) is 6.61 Å². The van der Waals surface area contributed by atoms with Gasteiger partial charge in [-0.05, 0) is 12.0 Å². The molecule has 1 atom stereocenters. The molecule has 0 saturated carbocycles. The van der Waals surface area contributed by atoms with Gasteiger partial charge < -0.3 is 4.74 Å². The van der Waals surface area contributed by atoms with Crippen LogP contribution < -0.4 is 0 Å². The van der Waals surface area contributed by atoms with E-state index in [0.717, 1.165) is 13.0 Å². The molecule has 52 valence electrons. The summed E-state index contributed by atoms with van der Waals surface area (Å²) < 4.78 is 4.94. The first kappa shape index (κ1) is 8.27. The Bertz CT molecular complexity index is 113. The minimum absolute atomic E-state index is 0. The summed E-state index contributed by atoms with van der Waals surface area (Å²) in [5.74, 6) is 0. The van der Waals surface area contributed by atoms with E-state index in [1.165, 1.54) is 0 Å². The van der Waals surface area contributed by atoms with Crippen LogP contribution in [0.1, 0.15) is 13.8 Å². The smallest absolute Gasteiger partial charge is 0.0629 e. The van der Waals surface area contributed by atoms with Gasteiger partial charge in [-0.15, -0.1) is 0 Å². The number of hydrogen-bond acceptors (Lipinski definition) is 2. The largest absolute Gasteiger partial charge is 0.381 e. The zero-order valence-electron chi connectivity index (χ0n) is 4.45. The molecule has 4 heteroatoms. The zero-order chi connectivity index (χ0) is 5.82. The fraction of sp³-hybridized carbons (Fsp3) is 1.00. The van der Waals surface area contributed by atoms with Crippen LogP contribution in [0.5, 0.6) is 0 Å². The summed E-state index contributed by atoms with van der Waals surface area (Å²) in [6.45, 7) is 1.34. The third-order valence-corrected chi connectivity index (χ3v) is 1.12. The monoisotopic (exact) mass is 129 g/mol. The quantitative estimate of drug-likeness (QED) is 0.302. The molecule has 0 aliphatic carbocycles. The molecule has 1 aliphatic rings. The molecule has 0 amide bonds. The fourth-order valence-electron chi connectivity index (χ4n) is 0.686. The molecule has 4 nitrogen and oxygen atoms in total. The molecule has 0 aromatic rings. The highest BCUT2D eigenvalue weighted by atomic mass is 16.5. The third kappa shape index (κ3) is 2.35. The van der Waals surface area contributed by atoms with Gasteiger partial charge in [0.2, 0.25) is 0 Å². The normalized spacial score (nSPS) is 24.2. The number of ether oxygens (including phenoxy) is 1. The molecular weight excluding hydrogens is 118 g/mol. The van der Waals surface area contributed by atoms with Gasteiger partial charge >= 0.3 is 0 Å². The van der Waals surface area contributed by atoms with E-state index >= 15 is 0 Å². The Morgan fingerprint density at radius 2 is 2.44 bits per heavy atom. The number of rotatable bonds is 1. The maximum Gasteiger partial charge on any atom is 0.0629 e. The summed E-state index contributed by atoms with van der Waals surface area (Å²) in [5, 5.41) is 3.48. The lowest BCUT2D eigenvalue weighted by Crippen LogP contribution is -1.99. The van der Waals surface area contributed by atoms with Crippen LogP contribution in [-0.2, 0) is 4.74 Å². The van der Waals surface area contributed by atoms with Gasteiger partial charge in [0.15, 0.2) is 0 Å². The Morgan fingerprint density at radius 3 is 2.89 bits per heavy atom. The predicted octanol–water partition coefficient (Wildman–Crippen LogP) is 1.72. The zero-order valence-corrected chi connectivity index (χ0v) is 4.45. The van der Waals surface area contributed by atoms with Gasteiger partial charge in [-0.2, -0.15) is 0 Å². The van der Waals surface area contributed by atoms with Gasteiger partial charge in [0, 0.05) is 11.5 Å². The molecule has 1 rings (SSSR count). The topological polar surface area (TPSA) is 58.0 Å². The first-order valence-corrected chi connectivity index (χ1v) is 2.55. The average molecular weight is 129 g/mol. The average Bonchev–Trinajstić information content (AvgIpc) is 2.19. The molecule has 0 bridgehead atoms. The molecule has 1 fully saturated rings. The van der Waals surface area contributed by atoms with Crippen LogP contribution >= 0.6 is 0 Å². The Labute approximate surface area is 54.4 Å². The minimum Gasteiger partial charge on any atom is -0.381 e. The molecule has 1 unspecified atom stereocenters. The van der Waals surface area contributed by atoms with E-state index in [1.54, 1.807) is 0 Å². The molecule has 9 heavy (non-hydrogen) atoms. The first-order chi connectivity index (χ1) is 3.93. The van der Waals surface area contributed by atoms with E-state index < -0.39 is 0 Å². The maximum atomic E-state index is 7.93. The highest BCUT2D eigenvalue weighted by Gasteiger charge is 2.12. The lowest BCUT2D eigenvalue weighted by atomic mass is 10.3. The van der Waals surface area contributed by atoms with Gasteiger partial charge in [-0.1, -0.05) is 12.5 Å². The van der Waals surface area contributed by atoms with Crippen molar-refractivity contribution in [3.05, 3.63) is 10.4 Å². The van der Waals surface area contributed by atoms with Crippen molar-refractivity contribution in [1.29, 1.82) is 0 Å². The molecule has 0 spiro atoms. The van der Waals surface area contributed by atoms with E-state index in [9.17, 15) is 0 Å². The SMILES string of the molecule is C.[N-]=[N+]=NC1CCOC1. The summed E-state index contributed by atoms with van der Waals surface area (Å²) in [6.07, 6.45) is 0.879. The Kier molecular flexibility index (Phi) is 3.84. The standard InChI is InChI=1S/C4H7N3O.CH4/c5-7-6-4-1-2-8-3-4;/h4H,1-3H2;1H4. The summed E-state index contributed by atoms with van der Waals surface area (Å²) in [7, 11) is 0. The van der Waals surface area contributed by atoms with Crippen molar-refractivity contribution in [3.8, 4) is 0 Å². The van der Waals surface area contributed by atoms with E-state index in [4.69, 9.17) is 10.3 Å². The highest BCUT2D eigenvalue weighted by molar-refractivity contribution is 4.70. The molecule has 0 aromatic carbocycles. The number of azide groups is 1. The summed E-state index contributed by atoms with van der Waals surface area (Å²) in [5.41, 5.74) is 7.93. The van der Waals surface area contributed by atoms with Crippen LogP contribution in [0.4, 0.5) is 0 Å². The van der Waals surface area contributed by atoms with Crippen LogP contribution in [0, 0.1) is 0 Å². The molecule has 1 aliphatic heterocycles. The van der Waals surface area contributed by atoms with Crippen LogP contribution in [0.15, 0.2) is 5.11 Å². The second kappa shape index (κ2) is 4.18. The third-order valence-electron chi connectivity index (χ3n) is 1.12. The lowest BCUT2D eigenvalue weighted by molar-refractivity contribution is 0.194. The van der Waals surface area contributed by atoms with Crippen LogP contribution in [0.3, 0.4) is 0 Å². The Morgan fingerprint density at radius 1 is 1.67 bits per heavy atom. The molecular formula is C5H11N3O. The lowest BCUT2D eigenvalue weighted by Gasteiger charge is -1.90. The van der Waals surface area contributed by atoms with E-state index in [2.05, 4.69) is 10.0 Å². The number of hydrogen-bond donors (Lipinski definition) is 0. The summed E-state index contributed by atoms with van der Waals surface area (Å²) in [6, 6.07) is 0.0972. The van der Waals surface area contributed by atoms with E-state index in [1.807, 2.05) is 0 Å². The molecule has 1 saturated heterocycles. The maximum absolute atomic E-state index is 7.93. The predicted molar refractivity (Wildman–Crippen MR) is 35.1 cm³/mol. The molecule has 0 N–H and O–H groups in total. The van der Waals surface area contributed by atoms with Crippen molar-refractivity contribution in [2.24, 2.45) is 5.11 Å². The summed E-state index contributed by atoms with van der Waals surface area (Å²) in [4.78, 5) is 2.66. The Hall–Kier alpha value is -0.730. The van der Waals surface area contributed by atoms with Crippen molar-refractivity contribution in [1.82, 2.24) is 0 Å². The summed E-state index contributed by atoms with van der Waals surface area (Å²) >= 11 is 0.